The number of nitrogen functional groups attached to an aromatic ring is 1. The van der Waals surface area contributed by atoms with E-state index in [1.165, 1.54) is 0 Å². The Morgan fingerprint density at radius 3 is 2.56 bits per heavy atom. The van der Waals surface area contributed by atoms with Gasteiger partial charge in [-0.25, -0.2) is 4.79 Å². The Hall–Kier alpha value is -2.30. The lowest BCUT2D eigenvalue weighted by molar-refractivity contribution is 0.0687. The van der Waals surface area contributed by atoms with E-state index in [4.69, 9.17) is 10.9 Å². The van der Waals surface area contributed by atoms with E-state index in [9.17, 15) is 4.79 Å². The quantitative estimate of drug-likeness (QED) is 0.742. The molecule has 0 bridgehead atoms. The van der Waals surface area contributed by atoms with Crippen LogP contribution in [0.2, 0.25) is 0 Å². The molecule has 3 N–H and O–H groups in total. The number of hydrogen-bond acceptors (Lipinski definition) is 3. The van der Waals surface area contributed by atoms with Crippen LogP contribution in [0.4, 0.5) is 0 Å². The number of carboxylic acids is 1. The second-order valence-corrected chi connectivity index (χ2v) is 3.42. The van der Waals surface area contributed by atoms with Crippen LogP contribution in [0.25, 0.3) is 11.1 Å². The fourth-order valence-electron chi connectivity index (χ4n) is 1.70. The molecule has 0 saturated heterocycles. The van der Waals surface area contributed by atoms with Gasteiger partial charge < -0.3 is 10.9 Å². The second-order valence-electron chi connectivity index (χ2n) is 3.42. The van der Waals surface area contributed by atoms with Crippen LogP contribution in [-0.2, 0) is 0 Å². The highest BCUT2D eigenvalue weighted by molar-refractivity contribution is 5.95. The maximum Gasteiger partial charge on any atom is 0.357 e. The highest BCUT2D eigenvalue weighted by atomic mass is 16.4. The van der Waals surface area contributed by atoms with Gasteiger partial charge in [0.1, 0.15) is 0 Å². The molecule has 16 heavy (non-hydrogen) atoms. The average Bonchev–Trinajstić information content (AvgIpc) is 2.55. The summed E-state index contributed by atoms with van der Waals surface area (Å²) in [5.41, 5.74) is 1.97. The standard InChI is InChI=1S/C11H11N3O2/c1-7-9(8-5-3-2-4-6-8)10(11(15)16)14(12)13-7/h2-6H,12H2,1H3,(H,15,16). The van der Waals surface area contributed by atoms with Crippen molar-refractivity contribution >= 4 is 5.97 Å². The Morgan fingerprint density at radius 1 is 1.38 bits per heavy atom. The van der Waals surface area contributed by atoms with Crippen molar-refractivity contribution in [1.29, 1.82) is 0 Å². The van der Waals surface area contributed by atoms with Gasteiger partial charge in [0, 0.05) is 5.56 Å². The van der Waals surface area contributed by atoms with E-state index in [1.807, 2.05) is 30.3 Å². The summed E-state index contributed by atoms with van der Waals surface area (Å²) in [6.07, 6.45) is 0. The molecule has 2 aromatic rings. The lowest BCUT2D eigenvalue weighted by Crippen LogP contribution is -2.17. The third kappa shape index (κ3) is 1.52. The molecule has 1 aromatic carbocycles. The van der Waals surface area contributed by atoms with Gasteiger partial charge >= 0.3 is 5.97 Å². The third-order valence-corrected chi connectivity index (χ3v) is 2.35. The Morgan fingerprint density at radius 2 is 2.00 bits per heavy atom. The molecule has 0 saturated carbocycles. The summed E-state index contributed by atoms with van der Waals surface area (Å²) < 4.78 is 0. The molecule has 5 nitrogen and oxygen atoms in total. The van der Waals surface area contributed by atoms with Crippen molar-refractivity contribution in [2.24, 2.45) is 0 Å². The van der Waals surface area contributed by atoms with Gasteiger partial charge in [-0.15, -0.1) is 0 Å². The number of carbonyl (C=O) groups is 1. The fraction of sp³-hybridized carbons (Fsp3) is 0.0909. The zero-order chi connectivity index (χ0) is 11.7. The van der Waals surface area contributed by atoms with E-state index in [0.29, 0.717) is 11.3 Å². The summed E-state index contributed by atoms with van der Waals surface area (Å²) in [5, 5.41) is 13.0. The Kier molecular flexibility index (Phi) is 2.36. The van der Waals surface area contributed by atoms with E-state index in [-0.39, 0.29) is 5.69 Å². The minimum atomic E-state index is -1.08. The highest BCUT2D eigenvalue weighted by Gasteiger charge is 2.20. The first-order chi connectivity index (χ1) is 7.61. The monoisotopic (exact) mass is 217 g/mol. The van der Waals surface area contributed by atoms with E-state index in [1.54, 1.807) is 6.92 Å². The van der Waals surface area contributed by atoms with E-state index in [0.717, 1.165) is 10.4 Å². The minimum Gasteiger partial charge on any atom is -0.476 e. The topological polar surface area (TPSA) is 81.1 Å². The molecule has 1 heterocycles. The normalized spacial score (nSPS) is 10.3. The van der Waals surface area contributed by atoms with Crippen LogP contribution >= 0.6 is 0 Å². The minimum absolute atomic E-state index is 0.00343. The van der Waals surface area contributed by atoms with Crippen LogP contribution in [0.5, 0.6) is 0 Å². The van der Waals surface area contributed by atoms with Crippen LogP contribution < -0.4 is 5.84 Å². The van der Waals surface area contributed by atoms with Crippen LogP contribution in [-0.4, -0.2) is 21.0 Å². The van der Waals surface area contributed by atoms with Gasteiger partial charge in [-0.3, -0.25) is 0 Å². The van der Waals surface area contributed by atoms with E-state index < -0.39 is 5.97 Å². The van der Waals surface area contributed by atoms with Gasteiger partial charge in [0.25, 0.3) is 0 Å². The van der Waals surface area contributed by atoms with Gasteiger partial charge in [-0.1, -0.05) is 30.3 Å². The predicted molar refractivity (Wildman–Crippen MR) is 59.5 cm³/mol. The van der Waals surface area contributed by atoms with Crippen molar-refractivity contribution < 1.29 is 9.90 Å². The summed E-state index contributed by atoms with van der Waals surface area (Å²) in [5.74, 6) is 4.42. The lowest BCUT2D eigenvalue weighted by Gasteiger charge is -2.01. The third-order valence-electron chi connectivity index (χ3n) is 2.35. The fourth-order valence-corrected chi connectivity index (χ4v) is 1.70. The molecule has 0 atom stereocenters. The van der Waals surface area contributed by atoms with Crippen molar-refractivity contribution in [1.82, 2.24) is 9.89 Å². The molecule has 0 fully saturated rings. The molecule has 5 heteroatoms. The predicted octanol–water partition coefficient (Wildman–Crippen LogP) is 1.27. The Labute approximate surface area is 92.1 Å². The van der Waals surface area contributed by atoms with Gasteiger partial charge in [0.2, 0.25) is 0 Å². The maximum absolute atomic E-state index is 11.1. The molecular weight excluding hydrogens is 206 g/mol. The maximum atomic E-state index is 11.1. The average molecular weight is 217 g/mol. The summed E-state index contributed by atoms with van der Waals surface area (Å²) in [6, 6.07) is 9.21. The van der Waals surface area contributed by atoms with Crippen molar-refractivity contribution in [3.05, 3.63) is 41.7 Å². The number of benzene rings is 1. The van der Waals surface area contributed by atoms with Crippen LogP contribution in [0, 0.1) is 6.92 Å². The van der Waals surface area contributed by atoms with Gasteiger partial charge in [-0.2, -0.15) is 9.89 Å². The molecule has 0 spiro atoms. The number of aryl methyl sites for hydroxylation is 1. The van der Waals surface area contributed by atoms with Crippen molar-refractivity contribution in [2.45, 2.75) is 6.92 Å². The summed E-state index contributed by atoms with van der Waals surface area (Å²) in [4.78, 5) is 12.0. The molecule has 1 aromatic heterocycles. The van der Waals surface area contributed by atoms with Crippen LogP contribution in [0.15, 0.2) is 30.3 Å². The zero-order valence-corrected chi connectivity index (χ0v) is 8.71. The Balaban J connectivity index is 2.69. The lowest BCUT2D eigenvalue weighted by atomic mass is 10.0. The number of carboxylic acid groups (broad SMARTS) is 1. The van der Waals surface area contributed by atoms with Gasteiger partial charge in [0.05, 0.1) is 5.69 Å². The second kappa shape index (κ2) is 3.69. The highest BCUT2D eigenvalue weighted by Crippen LogP contribution is 2.26. The molecule has 82 valence electrons. The van der Waals surface area contributed by atoms with Crippen LogP contribution in [0.1, 0.15) is 16.2 Å². The van der Waals surface area contributed by atoms with E-state index in [2.05, 4.69) is 5.10 Å². The summed E-state index contributed by atoms with van der Waals surface area (Å²) in [6.45, 7) is 1.73. The molecule has 0 amide bonds. The summed E-state index contributed by atoms with van der Waals surface area (Å²) in [7, 11) is 0. The Bertz CT molecular complexity index is 532. The molecule has 2 rings (SSSR count). The summed E-state index contributed by atoms with van der Waals surface area (Å²) >= 11 is 0. The number of rotatable bonds is 2. The molecule has 0 radical (unpaired) electrons. The van der Waals surface area contributed by atoms with Gasteiger partial charge in [0.15, 0.2) is 5.69 Å². The number of aromatic carboxylic acids is 1. The molecule has 0 aliphatic carbocycles. The SMILES string of the molecule is Cc1nn(N)c(C(=O)O)c1-c1ccccc1. The number of nitrogens with zero attached hydrogens (tertiary/aromatic N) is 2. The van der Waals surface area contributed by atoms with Crippen molar-refractivity contribution in [2.75, 3.05) is 5.84 Å². The molecule has 0 aliphatic heterocycles. The first-order valence-electron chi connectivity index (χ1n) is 4.74. The zero-order valence-electron chi connectivity index (χ0n) is 8.71. The number of nitrogens with two attached hydrogens (primary N) is 1. The number of aromatic nitrogens is 2. The van der Waals surface area contributed by atoms with Gasteiger partial charge in [-0.05, 0) is 12.5 Å². The van der Waals surface area contributed by atoms with Crippen molar-refractivity contribution in [3.63, 3.8) is 0 Å². The van der Waals surface area contributed by atoms with Crippen LogP contribution in [0.3, 0.4) is 0 Å². The van der Waals surface area contributed by atoms with E-state index >= 15 is 0 Å². The largest absolute Gasteiger partial charge is 0.476 e. The first-order valence-corrected chi connectivity index (χ1v) is 4.74. The molecule has 0 unspecified atom stereocenters. The van der Waals surface area contributed by atoms with Crippen molar-refractivity contribution in [3.8, 4) is 11.1 Å². The first kappa shape index (κ1) is 10.2. The smallest absolute Gasteiger partial charge is 0.357 e. The number of hydrogen-bond donors (Lipinski definition) is 2. The molecular formula is C11H11N3O2. The molecule has 0 aliphatic rings.